The van der Waals surface area contributed by atoms with E-state index in [1.54, 1.807) is 0 Å². The van der Waals surface area contributed by atoms with E-state index in [9.17, 15) is 22.8 Å². The second kappa shape index (κ2) is 8.68. The van der Waals surface area contributed by atoms with Gasteiger partial charge in [0.15, 0.2) is 0 Å². The molecule has 1 fully saturated rings. The van der Waals surface area contributed by atoms with E-state index in [-0.39, 0.29) is 41.4 Å². The molecule has 2 aromatic rings. The summed E-state index contributed by atoms with van der Waals surface area (Å²) in [6, 6.07) is 3.34. The topological polar surface area (TPSA) is 108 Å². The van der Waals surface area contributed by atoms with Gasteiger partial charge >= 0.3 is 17.9 Å². The highest BCUT2D eigenvalue weighted by molar-refractivity contribution is 5.85. The first-order valence-corrected chi connectivity index (χ1v) is 8.48. The summed E-state index contributed by atoms with van der Waals surface area (Å²) in [5.41, 5.74) is -0.729. The molecule has 0 atom stereocenters. The summed E-state index contributed by atoms with van der Waals surface area (Å²) in [6.45, 7) is 0.295. The van der Waals surface area contributed by atoms with Crippen LogP contribution in [0.2, 0.25) is 0 Å². The van der Waals surface area contributed by atoms with Crippen LogP contribution in [0, 0.1) is 11.8 Å². The molecular weight excluding hydrogens is 403 g/mol. The minimum atomic E-state index is -4.55. The van der Waals surface area contributed by atoms with Crippen LogP contribution in [0.25, 0.3) is 11.5 Å². The van der Waals surface area contributed by atoms with E-state index in [1.165, 1.54) is 12.1 Å². The zero-order valence-electron chi connectivity index (χ0n) is 14.6. The standard InChI is InChI=1S/C17H18F3N3O4.ClH/c18-17(19,20)12-6-5-11(14-22-23-16(26)27-14)7-13(12)21-8-9-1-3-10(4-2-9)15(24)25;/h5-7,9-10,21H,1-4,8H2,(H,23,26)(H,24,25);1H/t9-,10-;. The normalized spacial score (nSPS) is 19.7. The van der Waals surface area contributed by atoms with Gasteiger partial charge in [-0.05, 0) is 49.8 Å². The van der Waals surface area contributed by atoms with Crippen molar-refractivity contribution in [1.29, 1.82) is 0 Å². The summed E-state index contributed by atoms with van der Waals surface area (Å²) in [7, 11) is 0. The quantitative estimate of drug-likeness (QED) is 0.678. The smallest absolute Gasteiger partial charge is 0.434 e. The summed E-state index contributed by atoms with van der Waals surface area (Å²) < 4.78 is 44.7. The van der Waals surface area contributed by atoms with Crippen molar-refractivity contribution >= 4 is 24.1 Å². The van der Waals surface area contributed by atoms with Crippen molar-refractivity contribution in [1.82, 2.24) is 10.2 Å². The van der Waals surface area contributed by atoms with E-state index >= 15 is 0 Å². The molecule has 0 bridgehead atoms. The molecule has 3 N–H and O–H groups in total. The molecule has 0 unspecified atom stereocenters. The number of benzene rings is 1. The van der Waals surface area contributed by atoms with Gasteiger partial charge in [0.1, 0.15) is 0 Å². The van der Waals surface area contributed by atoms with Crippen LogP contribution in [0.4, 0.5) is 18.9 Å². The van der Waals surface area contributed by atoms with Crippen molar-refractivity contribution in [3.05, 3.63) is 34.3 Å². The summed E-state index contributed by atoms with van der Waals surface area (Å²) >= 11 is 0. The second-order valence-electron chi connectivity index (χ2n) is 6.61. The highest BCUT2D eigenvalue weighted by atomic mass is 35.5. The molecule has 154 valence electrons. The van der Waals surface area contributed by atoms with Gasteiger partial charge < -0.3 is 14.8 Å². The summed E-state index contributed by atoms with van der Waals surface area (Å²) in [6.07, 6.45) is -2.23. The van der Waals surface area contributed by atoms with Crippen molar-refractivity contribution in [3.8, 4) is 11.5 Å². The Hall–Kier alpha value is -2.49. The first-order valence-electron chi connectivity index (χ1n) is 8.48. The third-order valence-electron chi connectivity index (χ3n) is 4.79. The van der Waals surface area contributed by atoms with E-state index < -0.39 is 23.5 Å². The number of carbonyl (C=O) groups is 1. The summed E-state index contributed by atoms with van der Waals surface area (Å²) in [4.78, 5) is 22.0. The van der Waals surface area contributed by atoms with Crippen LogP contribution in [0.1, 0.15) is 31.2 Å². The molecule has 3 rings (SSSR count). The lowest BCUT2D eigenvalue weighted by molar-refractivity contribution is -0.143. The average Bonchev–Trinajstić information content (AvgIpc) is 3.05. The van der Waals surface area contributed by atoms with E-state index in [1.807, 2.05) is 0 Å². The Bertz CT molecular complexity index is 873. The van der Waals surface area contributed by atoms with Gasteiger partial charge in [-0.1, -0.05) is 0 Å². The molecule has 0 saturated heterocycles. The largest absolute Gasteiger partial charge is 0.481 e. The van der Waals surface area contributed by atoms with Gasteiger partial charge in [-0.15, -0.1) is 17.5 Å². The number of alkyl halides is 3. The fraction of sp³-hybridized carbons (Fsp3) is 0.471. The predicted molar refractivity (Wildman–Crippen MR) is 96.4 cm³/mol. The van der Waals surface area contributed by atoms with Crippen molar-refractivity contribution in [2.45, 2.75) is 31.9 Å². The molecule has 1 aromatic carbocycles. The van der Waals surface area contributed by atoms with Crippen molar-refractivity contribution < 1.29 is 27.5 Å². The minimum absolute atomic E-state index is 0. The van der Waals surface area contributed by atoms with Gasteiger partial charge in [0, 0.05) is 17.8 Å². The van der Waals surface area contributed by atoms with E-state index in [0.717, 1.165) is 6.07 Å². The maximum Gasteiger partial charge on any atom is 0.434 e. The van der Waals surface area contributed by atoms with Crippen LogP contribution >= 0.6 is 12.4 Å². The SMILES string of the molecule is Cl.O=c1[nH]nc(-c2ccc(C(F)(F)F)c(NC[C@H]3CC[C@H](C(=O)O)CC3)c2)o1. The number of nitrogens with one attached hydrogen (secondary N) is 2. The number of aliphatic carboxylic acids is 1. The third kappa shape index (κ3) is 5.06. The van der Waals surface area contributed by atoms with Crippen LogP contribution in [-0.2, 0) is 11.0 Å². The molecule has 7 nitrogen and oxygen atoms in total. The van der Waals surface area contributed by atoms with Gasteiger partial charge in [-0.2, -0.15) is 13.2 Å². The maximum atomic E-state index is 13.3. The number of rotatable bonds is 5. The highest BCUT2D eigenvalue weighted by Crippen LogP contribution is 2.37. The van der Waals surface area contributed by atoms with Crippen molar-refractivity contribution in [2.24, 2.45) is 11.8 Å². The number of hydrogen-bond donors (Lipinski definition) is 3. The molecule has 0 spiro atoms. The lowest BCUT2D eigenvalue weighted by Crippen LogP contribution is -2.25. The number of H-pyrrole nitrogens is 1. The van der Waals surface area contributed by atoms with Gasteiger partial charge in [-0.3, -0.25) is 4.79 Å². The number of hydrogen-bond acceptors (Lipinski definition) is 5. The zero-order valence-corrected chi connectivity index (χ0v) is 15.4. The van der Waals surface area contributed by atoms with E-state index in [4.69, 9.17) is 9.52 Å². The van der Waals surface area contributed by atoms with E-state index in [2.05, 4.69) is 15.5 Å². The summed E-state index contributed by atoms with van der Waals surface area (Å²) in [5, 5.41) is 17.5. The number of aromatic amines is 1. The Balaban J connectivity index is 0.00000280. The number of halogens is 4. The molecule has 1 aliphatic rings. The van der Waals surface area contributed by atoms with Crippen LogP contribution in [-0.4, -0.2) is 27.8 Å². The lowest BCUT2D eigenvalue weighted by Gasteiger charge is -2.27. The number of aromatic nitrogens is 2. The highest BCUT2D eigenvalue weighted by Gasteiger charge is 2.34. The molecule has 28 heavy (non-hydrogen) atoms. The van der Waals surface area contributed by atoms with Crippen LogP contribution < -0.4 is 11.1 Å². The summed E-state index contributed by atoms with van der Waals surface area (Å²) in [5.74, 6) is -2.01. The van der Waals surface area contributed by atoms with Crippen LogP contribution in [0.5, 0.6) is 0 Å². The first-order chi connectivity index (χ1) is 12.7. The Morgan fingerprint density at radius 1 is 1.29 bits per heavy atom. The Morgan fingerprint density at radius 2 is 1.96 bits per heavy atom. The second-order valence-corrected chi connectivity index (χ2v) is 6.61. The van der Waals surface area contributed by atoms with Crippen molar-refractivity contribution in [2.75, 3.05) is 11.9 Å². The molecule has 1 saturated carbocycles. The van der Waals surface area contributed by atoms with Crippen LogP contribution in [0.3, 0.4) is 0 Å². The van der Waals surface area contributed by atoms with E-state index in [0.29, 0.717) is 32.2 Å². The predicted octanol–water partition coefficient (Wildman–Crippen LogP) is 3.77. The molecule has 1 heterocycles. The average molecular weight is 422 g/mol. The Kier molecular flexibility index (Phi) is 6.76. The zero-order chi connectivity index (χ0) is 19.6. The molecule has 1 aliphatic carbocycles. The molecular formula is C17H19ClF3N3O4. The van der Waals surface area contributed by atoms with Gasteiger partial charge in [0.25, 0.3) is 0 Å². The Labute approximate surface area is 163 Å². The minimum Gasteiger partial charge on any atom is -0.481 e. The van der Waals surface area contributed by atoms with Gasteiger partial charge in [-0.25, -0.2) is 9.89 Å². The number of nitrogens with zero attached hydrogens (tertiary/aromatic N) is 1. The third-order valence-corrected chi connectivity index (χ3v) is 4.79. The first kappa shape index (κ1) is 21.8. The maximum absolute atomic E-state index is 13.3. The number of carboxylic acid groups (broad SMARTS) is 1. The Morgan fingerprint density at radius 3 is 2.50 bits per heavy atom. The van der Waals surface area contributed by atoms with Gasteiger partial charge in [0.05, 0.1) is 11.5 Å². The van der Waals surface area contributed by atoms with Gasteiger partial charge in [0.2, 0.25) is 5.89 Å². The molecule has 0 aliphatic heterocycles. The molecule has 1 aromatic heterocycles. The number of carboxylic acids is 1. The fourth-order valence-electron chi connectivity index (χ4n) is 3.29. The molecule has 0 amide bonds. The fourth-order valence-corrected chi connectivity index (χ4v) is 3.29. The number of anilines is 1. The van der Waals surface area contributed by atoms with Crippen LogP contribution in [0.15, 0.2) is 27.4 Å². The monoisotopic (exact) mass is 421 g/mol. The molecule has 11 heteroatoms. The molecule has 0 radical (unpaired) electrons. The van der Waals surface area contributed by atoms with Crippen molar-refractivity contribution in [3.63, 3.8) is 0 Å². The lowest BCUT2D eigenvalue weighted by atomic mass is 9.82.